The van der Waals surface area contributed by atoms with Crippen LogP contribution in [0.2, 0.25) is 5.15 Å². The summed E-state index contributed by atoms with van der Waals surface area (Å²) < 4.78 is 26.3. The molecule has 4 aromatic rings. The largest absolute Gasteiger partial charge is 0.497 e. The molecule has 0 spiro atoms. The Morgan fingerprint density at radius 3 is 2.74 bits per heavy atom. The minimum absolute atomic E-state index is 0.0278. The number of methoxy groups -OCH3 is 1. The maximum atomic E-state index is 14.7. The summed E-state index contributed by atoms with van der Waals surface area (Å²) in [6.07, 6.45) is 2.83. The predicted molar refractivity (Wildman–Crippen MR) is 112 cm³/mol. The number of amides is 1. The Morgan fingerprint density at radius 2 is 2.06 bits per heavy atom. The molecule has 1 N–H and O–H groups in total. The molecule has 31 heavy (non-hydrogen) atoms. The van der Waals surface area contributed by atoms with Crippen LogP contribution in [0.25, 0.3) is 0 Å². The number of carbonyl (C=O) groups excluding carboxylic acids is 1. The maximum absolute atomic E-state index is 14.7. The molecule has 2 aromatic heterocycles. The van der Waals surface area contributed by atoms with Gasteiger partial charge < -0.3 is 19.1 Å². The van der Waals surface area contributed by atoms with E-state index < -0.39 is 17.8 Å². The molecule has 1 amide bonds. The SMILES string of the molecule is COc1ccc(C(NC(=O)c2ncn(Cc3ccccc3)c2Cl)c2ccon2)c(F)c1. The fraction of sp³-hybridized carbons (Fsp3) is 0.136. The van der Waals surface area contributed by atoms with Crippen LogP contribution < -0.4 is 10.1 Å². The molecule has 9 heteroatoms. The van der Waals surface area contributed by atoms with Crippen molar-refractivity contribution in [3.63, 3.8) is 0 Å². The van der Waals surface area contributed by atoms with Gasteiger partial charge in [0, 0.05) is 24.2 Å². The van der Waals surface area contributed by atoms with Crippen LogP contribution in [0.1, 0.15) is 33.4 Å². The molecule has 1 atom stereocenters. The second kappa shape index (κ2) is 9.01. The molecule has 0 radical (unpaired) electrons. The lowest BCUT2D eigenvalue weighted by Crippen LogP contribution is -2.30. The summed E-state index contributed by atoms with van der Waals surface area (Å²) in [6.45, 7) is 0.458. The summed E-state index contributed by atoms with van der Waals surface area (Å²) in [5.74, 6) is -0.775. The number of carbonyl (C=O) groups is 1. The third kappa shape index (κ3) is 4.44. The summed E-state index contributed by atoms with van der Waals surface area (Å²) >= 11 is 6.41. The Labute approximate surface area is 182 Å². The number of hydrogen-bond acceptors (Lipinski definition) is 5. The van der Waals surface area contributed by atoms with Gasteiger partial charge in [0.1, 0.15) is 34.7 Å². The monoisotopic (exact) mass is 440 g/mol. The highest BCUT2D eigenvalue weighted by molar-refractivity contribution is 6.32. The normalized spacial score (nSPS) is 11.8. The van der Waals surface area contributed by atoms with E-state index in [1.807, 2.05) is 30.3 Å². The zero-order valence-corrected chi connectivity index (χ0v) is 17.2. The predicted octanol–water partition coefficient (Wildman–Crippen LogP) is 4.24. The van der Waals surface area contributed by atoms with Crippen LogP contribution >= 0.6 is 11.6 Å². The standard InChI is InChI=1S/C22H18ClFN4O3/c1-30-15-7-8-16(17(24)11-15)19(18-9-10-31-27-18)26-22(29)20-21(23)28(13-25-20)12-14-5-3-2-4-6-14/h2-11,13,19H,12H2,1H3,(H,26,29). The molecule has 0 bridgehead atoms. The van der Waals surface area contributed by atoms with Crippen LogP contribution in [0, 0.1) is 5.82 Å². The van der Waals surface area contributed by atoms with Gasteiger partial charge in [-0.25, -0.2) is 9.37 Å². The Bertz CT molecular complexity index is 1180. The van der Waals surface area contributed by atoms with Crippen LogP contribution in [-0.2, 0) is 6.54 Å². The van der Waals surface area contributed by atoms with Crippen molar-refractivity contribution in [1.29, 1.82) is 0 Å². The van der Waals surface area contributed by atoms with E-state index in [2.05, 4.69) is 15.5 Å². The van der Waals surface area contributed by atoms with Crippen molar-refractivity contribution in [1.82, 2.24) is 20.0 Å². The second-order valence-electron chi connectivity index (χ2n) is 6.72. The molecule has 158 valence electrons. The van der Waals surface area contributed by atoms with E-state index in [0.717, 1.165) is 5.56 Å². The first-order valence-corrected chi connectivity index (χ1v) is 9.73. The Kier molecular flexibility index (Phi) is 5.99. The van der Waals surface area contributed by atoms with Gasteiger partial charge in [-0.1, -0.05) is 47.1 Å². The van der Waals surface area contributed by atoms with E-state index in [1.165, 1.54) is 31.8 Å². The van der Waals surface area contributed by atoms with Crippen molar-refractivity contribution >= 4 is 17.5 Å². The van der Waals surface area contributed by atoms with E-state index >= 15 is 0 Å². The van der Waals surface area contributed by atoms with Gasteiger partial charge in [-0.2, -0.15) is 0 Å². The molecular weight excluding hydrogens is 423 g/mol. The molecule has 1 unspecified atom stereocenters. The first-order valence-electron chi connectivity index (χ1n) is 9.36. The number of nitrogens with zero attached hydrogens (tertiary/aromatic N) is 3. The van der Waals surface area contributed by atoms with Crippen molar-refractivity contribution in [2.75, 3.05) is 7.11 Å². The van der Waals surface area contributed by atoms with Gasteiger partial charge in [-0.3, -0.25) is 4.79 Å². The topological polar surface area (TPSA) is 82.2 Å². The van der Waals surface area contributed by atoms with Gasteiger partial charge in [0.2, 0.25) is 0 Å². The number of rotatable bonds is 7. The molecule has 0 aliphatic carbocycles. The second-order valence-corrected chi connectivity index (χ2v) is 7.07. The maximum Gasteiger partial charge on any atom is 0.273 e. The fourth-order valence-electron chi connectivity index (χ4n) is 3.16. The van der Waals surface area contributed by atoms with Gasteiger partial charge >= 0.3 is 0 Å². The lowest BCUT2D eigenvalue weighted by atomic mass is 10.0. The molecule has 0 aliphatic rings. The van der Waals surface area contributed by atoms with Crippen molar-refractivity contribution in [3.05, 3.63) is 101 Å². The summed E-state index contributed by atoms with van der Waals surface area (Å²) in [5, 5.41) is 6.78. The van der Waals surface area contributed by atoms with Crippen LogP contribution in [0.15, 0.2) is 71.7 Å². The highest BCUT2D eigenvalue weighted by atomic mass is 35.5. The van der Waals surface area contributed by atoms with Crippen molar-refractivity contribution in [2.24, 2.45) is 0 Å². The third-order valence-electron chi connectivity index (χ3n) is 4.73. The van der Waals surface area contributed by atoms with E-state index in [9.17, 15) is 9.18 Å². The number of ether oxygens (including phenoxy) is 1. The van der Waals surface area contributed by atoms with Gasteiger partial charge in [0.05, 0.1) is 13.4 Å². The molecule has 4 rings (SSSR count). The molecular formula is C22H18ClFN4O3. The molecule has 2 heterocycles. The minimum Gasteiger partial charge on any atom is -0.497 e. The van der Waals surface area contributed by atoms with Crippen molar-refractivity contribution in [2.45, 2.75) is 12.6 Å². The molecule has 0 fully saturated rings. The highest BCUT2D eigenvalue weighted by Crippen LogP contribution is 2.27. The van der Waals surface area contributed by atoms with Crippen molar-refractivity contribution < 1.29 is 18.4 Å². The van der Waals surface area contributed by atoms with Gasteiger partial charge in [0.15, 0.2) is 5.69 Å². The molecule has 0 saturated carbocycles. The average Bonchev–Trinajstić information content (AvgIpc) is 3.44. The third-order valence-corrected chi connectivity index (χ3v) is 5.13. The summed E-state index contributed by atoms with van der Waals surface area (Å²) in [6, 6.07) is 14.6. The number of hydrogen-bond donors (Lipinski definition) is 1. The van der Waals surface area contributed by atoms with E-state index in [4.69, 9.17) is 20.9 Å². The Morgan fingerprint density at radius 1 is 1.26 bits per heavy atom. The number of halogens is 2. The zero-order chi connectivity index (χ0) is 21.8. The number of aromatic nitrogens is 3. The minimum atomic E-state index is -0.910. The number of nitrogens with one attached hydrogen (secondary N) is 1. The van der Waals surface area contributed by atoms with E-state index in [-0.39, 0.29) is 16.4 Å². The first-order chi connectivity index (χ1) is 15.1. The highest BCUT2D eigenvalue weighted by Gasteiger charge is 2.26. The summed E-state index contributed by atoms with van der Waals surface area (Å²) in [4.78, 5) is 17.1. The average molecular weight is 441 g/mol. The zero-order valence-electron chi connectivity index (χ0n) is 16.5. The lowest BCUT2D eigenvalue weighted by molar-refractivity contribution is 0.0937. The summed E-state index contributed by atoms with van der Waals surface area (Å²) in [7, 11) is 1.44. The van der Waals surface area contributed by atoms with E-state index in [0.29, 0.717) is 18.0 Å². The van der Waals surface area contributed by atoms with Crippen LogP contribution in [-0.4, -0.2) is 27.7 Å². The van der Waals surface area contributed by atoms with Gasteiger partial charge in [-0.05, 0) is 17.7 Å². The van der Waals surface area contributed by atoms with E-state index in [1.54, 1.807) is 16.7 Å². The van der Waals surface area contributed by atoms with Gasteiger partial charge in [-0.15, -0.1) is 0 Å². The number of imidazole rings is 1. The Balaban J connectivity index is 1.60. The number of benzene rings is 2. The smallest absolute Gasteiger partial charge is 0.273 e. The quantitative estimate of drug-likeness (QED) is 0.465. The first kappa shape index (κ1) is 20.6. The van der Waals surface area contributed by atoms with Crippen LogP contribution in [0.5, 0.6) is 5.75 Å². The molecule has 2 aromatic carbocycles. The lowest BCUT2D eigenvalue weighted by Gasteiger charge is -2.17. The molecule has 0 saturated heterocycles. The Hall–Kier alpha value is -3.65. The van der Waals surface area contributed by atoms with Gasteiger partial charge in [0.25, 0.3) is 5.91 Å². The fourth-order valence-corrected chi connectivity index (χ4v) is 3.40. The van der Waals surface area contributed by atoms with Crippen molar-refractivity contribution in [3.8, 4) is 5.75 Å². The molecule has 0 aliphatic heterocycles. The summed E-state index contributed by atoms with van der Waals surface area (Å²) in [5.41, 5.74) is 1.56. The van der Waals surface area contributed by atoms with Crippen LogP contribution in [0.3, 0.4) is 0 Å². The molecule has 7 nitrogen and oxygen atoms in total. The van der Waals surface area contributed by atoms with Crippen LogP contribution in [0.4, 0.5) is 4.39 Å².